The Labute approximate surface area is 210 Å². The molecule has 0 saturated heterocycles. The molecule has 1 heterocycles. The van der Waals surface area contributed by atoms with E-state index in [1.54, 1.807) is 43.0 Å². The maximum Gasteiger partial charge on any atom is 0.235 e. The van der Waals surface area contributed by atoms with Gasteiger partial charge in [-0.15, -0.1) is 0 Å². The molecule has 0 bridgehead atoms. The van der Waals surface area contributed by atoms with Crippen molar-refractivity contribution in [2.75, 3.05) is 10.6 Å². The van der Waals surface area contributed by atoms with E-state index in [1.165, 1.54) is 6.92 Å². The van der Waals surface area contributed by atoms with Gasteiger partial charge in [0.05, 0.1) is 17.2 Å². The number of Topliss-reactive ketones (excluding diaryl/α,β-unsaturated/α-hetero) is 1. The summed E-state index contributed by atoms with van der Waals surface area (Å²) in [7, 11) is 1.74. The predicted octanol–water partition coefficient (Wildman–Crippen LogP) is 3.66. The van der Waals surface area contributed by atoms with Crippen LogP contribution >= 0.6 is 0 Å². The van der Waals surface area contributed by atoms with Gasteiger partial charge in [-0.25, -0.2) is 0 Å². The largest absolute Gasteiger partial charge is 0.389 e. The minimum atomic E-state index is -1.67. The lowest BCUT2D eigenvalue weighted by Gasteiger charge is -2.44. The van der Waals surface area contributed by atoms with Crippen LogP contribution < -0.4 is 10.6 Å². The molecular weight excluding hydrogens is 456 g/mol. The summed E-state index contributed by atoms with van der Waals surface area (Å²) in [6, 6.07) is 14.6. The Balaban J connectivity index is 1.80. The van der Waals surface area contributed by atoms with Crippen LogP contribution in [-0.2, 0) is 21.4 Å². The molecule has 188 valence electrons. The highest BCUT2D eigenvalue weighted by atomic mass is 16.3. The van der Waals surface area contributed by atoms with E-state index in [0.29, 0.717) is 22.6 Å². The Bertz CT molecular complexity index is 1330. The van der Waals surface area contributed by atoms with Crippen molar-refractivity contribution in [3.05, 3.63) is 77.1 Å². The number of aryl methyl sites for hydroxylation is 4. The minimum absolute atomic E-state index is 0.319. The maximum absolute atomic E-state index is 13.8. The van der Waals surface area contributed by atoms with Gasteiger partial charge >= 0.3 is 0 Å². The van der Waals surface area contributed by atoms with Gasteiger partial charge in [0, 0.05) is 37.0 Å². The van der Waals surface area contributed by atoms with Crippen LogP contribution in [0.25, 0.3) is 0 Å². The van der Waals surface area contributed by atoms with Gasteiger partial charge in [0.25, 0.3) is 0 Å². The first kappa shape index (κ1) is 25.3. The Morgan fingerprint density at radius 2 is 1.50 bits per heavy atom. The fraction of sp³-hybridized carbons (Fsp3) is 0.357. The number of amides is 2. The van der Waals surface area contributed by atoms with Crippen molar-refractivity contribution < 1.29 is 19.5 Å². The maximum atomic E-state index is 13.8. The summed E-state index contributed by atoms with van der Waals surface area (Å²) >= 11 is 0. The van der Waals surface area contributed by atoms with Gasteiger partial charge in [-0.3, -0.25) is 19.1 Å². The van der Waals surface area contributed by atoms with Crippen molar-refractivity contribution >= 4 is 29.0 Å². The number of rotatable bonds is 5. The van der Waals surface area contributed by atoms with Crippen molar-refractivity contribution in [1.82, 2.24) is 9.78 Å². The number of hydrogen-bond acceptors (Lipinski definition) is 5. The highest BCUT2D eigenvalue weighted by molar-refractivity contribution is 6.10. The lowest BCUT2D eigenvalue weighted by atomic mass is 9.61. The van der Waals surface area contributed by atoms with Crippen molar-refractivity contribution in [3.63, 3.8) is 0 Å². The van der Waals surface area contributed by atoms with Crippen molar-refractivity contribution in [1.29, 1.82) is 0 Å². The Hall–Kier alpha value is -3.78. The quantitative estimate of drug-likeness (QED) is 0.475. The third-order valence-corrected chi connectivity index (χ3v) is 7.05. The zero-order chi connectivity index (χ0) is 26.2. The van der Waals surface area contributed by atoms with Gasteiger partial charge in [-0.05, 0) is 56.5 Å². The molecule has 4 atom stereocenters. The van der Waals surface area contributed by atoms with Crippen LogP contribution in [0.2, 0.25) is 0 Å². The molecule has 1 aliphatic carbocycles. The summed E-state index contributed by atoms with van der Waals surface area (Å²) in [5, 5.41) is 21.7. The van der Waals surface area contributed by atoms with Crippen LogP contribution in [-0.4, -0.2) is 38.1 Å². The molecule has 36 heavy (non-hydrogen) atoms. The molecule has 4 unspecified atom stereocenters. The normalized spacial score (nSPS) is 23.8. The van der Waals surface area contributed by atoms with E-state index >= 15 is 0 Å². The number of benzene rings is 2. The van der Waals surface area contributed by atoms with Gasteiger partial charge in [-0.2, -0.15) is 5.10 Å². The Kier molecular flexibility index (Phi) is 6.82. The summed E-state index contributed by atoms with van der Waals surface area (Å²) in [6.45, 7) is 7.00. The molecule has 0 aliphatic heterocycles. The summed E-state index contributed by atoms with van der Waals surface area (Å²) in [4.78, 5) is 40.9. The SMILES string of the molecule is Cc1ccccc1NC(=O)C1C(=O)CC(C)(O)C(C(=O)Nc2ccccc2C)C1c1cn(C)nc1C. The topological polar surface area (TPSA) is 113 Å². The van der Waals surface area contributed by atoms with Crippen LogP contribution in [0.15, 0.2) is 54.7 Å². The summed E-state index contributed by atoms with van der Waals surface area (Å²) in [5.41, 5.74) is 2.42. The number of ketones is 1. The highest BCUT2D eigenvalue weighted by Crippen LogP contribution is 2.47. The van der Waals surface area contributed by atoms with Crippen LogP contribution in [0.5, 0.6) is 0 Å². The van der Waals surface area contributed by atoms with Crippen molar-refractivity contribution in [2.24, 2.45) is 18.9 Å². The van der Waals surface area contributed by atoms with Crippen LogP contribution in [0.3, 0.4) is 0 Å². The van der Waals surface area contributed by atoms with Crippen LogP contribution in [0.4, 0.5) is 11.4 Å². The lowest BCUT2D eigenvalue weighted by molar-refractivity contribution is -0.150. The van der Waals surface area contributed by atoms with E-state index in [-0.39, 0.29) is 6.42 Å². The summed E-state index contributed by atoms with van der Waals surface area (Å²) in [5.74, 6) is -4.55. The highest BCUT2D eigenvalue weighted by Gasteiger charge is 2.56. The molecule has 1 saturated carbocycles. The first-order valence-corrected chi connectivity index (χ1v) is 12.0. The standard InChI is InChI=1S/C28H32N4O4/c1-16-10-6-8-12-20(16)29-26(34)24-22(33)14-28(4,36)25(23(24)19-15-32(5)31-18(19)3)27(35)30-21-13-9-7-11-17(21)2/h6-13,15,23-25,36H,14H2,1-5H3,(H,29,34)(H,30,35). The molecule has 1 aromatic heterocycles. The average Bonchev–Trinajstić information content (AvgIpc) is 3.13. The molecular formula is C28H32N4O4. The van der Waals surface area contributed by atoms with Gasteiger partial charge in [0.15, 0.2) is 0 Å². The fourth-order valence-electron chi connectivity index (χ4n) is 5.26. The minimum Gasteiger partial charge on any atom is -0.389 e. The van der Waals surface area contributed by atoms with Gasteiger partial charge in [-0.1, -0.05) is 36.4 Å². The first-order chi connectivity index (χ1) is 17.0. The second-order valence-corrected chi connectivity index (χ2v) is 9.93. The molecule has 3 aromatic rings. The molecule has 0 spiro atoms. The van der Waals surface area contributed by atoms with Crippen molar-refractivity contribution in [2.45, 2.75) is 45.6 Å². The van der Waals surface area contributed by atoms with E-state index in [1.807, 2.05) is 44.2 Å². The number of aromatic nitrogens is 2. The number of anilines is 2. The Morgan fingerprint density at radius 3 is 2.00 bits per heavy atom. The van der Waals surface area contributed by atoms with Gasteiger partial charge < -0.3 is 15.7 Å². The first-order valence-electron chi connectivity index (χ1n) is 12.0. The zero-order valence-corrected chi connectivity index (χ0v) is 21.2. The number of nitrogens with one attached hydrogen (secondary N) is 2. The third kappa shape index (κ3) is 4.81. The number of carbonyl (C=O) groups excluding carboxylic acids is 3. The van der Waals surface area contributed by atoms with Gasteiger partial charge in [0.1, 0.15) is 11.7 Å². The Morgan fingerprint density at radius 1 is 0.972 bits per heavy atom. The monoisotopic (exact) mass is 488 g/mol. The number of carbonyl (C=O) groups is 3. The number of para-hydroxylation sites is 2. The third-order valence-electron chi connectivity index (χ3n) is 7.05. The molecule has 8 nitrogen and oxygen atoms in total. The second kappa shape index (κ2) is 9.70. The molecule has 2 amide bonds. The molecule has 2 aromatic carbocycles. The number of nitrogens with zero attached hydrogens (tertiary/aromatic N) is 2. The molecule has 1 aliphatic rings. The predicted molar refractivity (Wildman–Crippen MR) is 138 cm³/mol. The lowest BCUT2D eigenvalue weighted by Crippen LogP contribution is -2.56. The van der Waals surface area contributed by atoms with E-state index in [0.717, 1.165) is 11.1 Å². The van der Waals surface area contributed by atoms with Crippen LogP contribution in [0.1, 0.15) is 41.6 Å². The smallest absolute Gasteiger partial charge is 0.235 e. The van der Waals surface area contributed by atoms with Crippen LogP contribution in [0, 0.1) is 32.6 Å². The number of hydrogen-bond donors (Lipinski definition) is 3. The second-order valence-electron chi connectivity index (χ2n) is 9.93. The molecule has 4 rings (SSSR count). The van der Waals surface area contributed by atoms with Gasteiger partial charge in [0.2, 0.25) is 11.8 Å². The molecule has 0 radical (unpaired) electrons. The molecule has 3 N–H and O–H groups in total. The summed E-state index contributed by atoms with van der Waals surface area (Å²) < 4.78 is 1.59. The van der Waals surface area contributed by atoms with Crippen molar-refractivity contribution in [3.8, 4) is 0 Å². The zero-order valence-electron chi connectivity index (χ0n) is 21.2. The fourth-order valence-corrected chi connectivity index (χ4v) is 5.26. The van der Waals surface area contributed by atoms with E-state index in [9.17, 15) is 19.5 Å². The van der Waals surface area contributed by atoms with E-state index in [4.69, 9.17) is 0 Å². The number of aliphatic hydroxyl groups is 1. The van der Waals surface area contributed by atoms with E-state index in [2.05, 4.69) is 15.7 Å². The molecule has 1 fully saturated rings. The molecule has 8 heteroatoms. The summed E-state index contributed by atoms with van der Waals surface area (Å²) in [6.07, 6.45) is 1.40. The average molecular weight is 489 g/mol. The van der Waals surface area contributed by atoms with E-state index < -0.39 is 41.0 Å².